The lowest BCUT2D eigenvalue weighted by atomic mass is 9.33. The molecule has 0 heterocycles. The van der Waals surface area contributed by atoms with Gasteiger partial charge in [0.25, 0.3) is 0 Å². The lowest BCUT2D eigenvalue weighted by Gasteiger charge is -2.71. The van der Waals surface area contributed by atoms with Crippen LogP contribution in [0.25, 0.3) is 0 Å². The third-order valence-corrected chi connectivity index (χ3v) is 13.5. The Morgan fingerprint density at radius 2 is 1.59 bits per heavy atom. The zero-order chi connectivity index (χ0) is 23.3. The van der Waals surface area contributed by atoms with Gasteiger partial charge in [-0.05, 0) is 109 Å². The second-order valence-corrected chi connectivity index (χ2v) is 14.5. The molecule has 0 saturated heterocycles. The molecule has 32 heavy (non-hydrogen) atoms. The Labute approximate surface area is 197 Å². The third-order valence-electron chi connectivity index (χ3n) is 13.5. The molecule has 0 aromatic carbocycles. The minimum absolute atomic E-state index is 0.0190. The molecule has 0 aliphatic heterocycles. The van der Waals surface area contributed by atoms with Crippen molar-refractivity contribution >= 4 is 0 Å². The standard InChI is InChI=1S/C30H50O2/c1-19-10-15-30(18-31)17-16-28(6)21(25(30)20(19)2)8-9-23-27(5)13-12-24(32)26(3,4)22(27)11-14-29(23,28)7/h8,19-20,22-25,31-32H,9-18H2,1-7H3/t19-,20+,22+,23-,24+,25-,27+,28-,29-,30-/m1/s1. The number of allylic oxidation sites excluding steroid dienone is 2. The van der Waals surface area contributed by atoms with Gasteiger partial charge in [0, 0.05) is 12.0 Å². The Balaban J connectivity index is 1.59. The molecule has 0 spiro atoms. The molecule has 2 nitrogen and oxygen atoms in total. The van der Waals surface area contributed by atoms with Gasteiger partial charge in [-0.1, -0.05) is 60.1 Å². The van der Waals surface area contributed by atoms with E-state index in [1.165, 1.54) is 51.4 Å². The zero-order valence-corrected chi connectivity index (χ0v) is 22.0. The molecule has 0 aromatic rings. The van der Waals surface area contributed by atoms with Gasteiger partial charge in [-0.2, -0.15) is 0 Å². The van der Waals surface area contributed by atoms with Crippen LogP contribution in [0.2, 0.25) is 0 Å². The number of hydrogen-bond donors (Lipinski definition) is 2. The molecular weight excluding hydrogens is 392 g/mol. The quantitative estimate of drug-likeness (QED) is 0.429. The van der Waals surface area contributed by atoms with E-state index in [2.05, 4.69) is 54.5 Å². The molecule has 4 saturated carbocycles. The molecule has 2 N–H and O–H groups in total. The second kappa shape index (κ2) is 7.09. The lowest BCUT2D eigenvalue weighted by molar-refractivity contribution is -0.205. The van der Waals surface area contributed by atoms with Crippen LogP contribution in [0.1, 0.15) is 106 Å². The van der Waals surface area contributed by atoms with E-state index in [0.29, 0.717) is 41.1 Å². The number of aliphatic hydroxyl groups excluding tert-OH is 2. The van der Waals surface area contributed by atoms with Gasteiger partial charge in [0.2, 0.25) is 0 Å². The van der Waals surface area contributed by atoms with Crippen LogP contribution in [0.4, 0.5) is 0 Å². The fourth-order valence-corrected chi connectivity index (χ4v) is 10.9. The van der Waals surface area contributed by atoms with Crippen molar-refractivity contribution in [3.63, 3.8) is 0 Å². The minimum Gasteiger partial charge on any atom is -0.396 e. The van der Waals surface area contributed by atoms with Gasteiger partial charge in [-0.25, -0.2) is 0 Å². The first kappa shape index (κ1) is 23.4. The number of hydrogen-bond acceptors (Lipinski definition) is 2. The molecule has 0 amide bonds. The van der Waals surface area contributed by atoms with Crippen LogP contribution in [0.15, 0.2) is 11.6 Å². The van der Waals surface area contributed by atoms with Gasteiger partial charge in [0.15, 0.2) is 0 Å². The molecule has 10 atom stereocenters. The van der Waals surface area contributed by atoms with E-state index in [9.17, 15) is 10.2 Å². The summed E-state index contributed by atoms with van der Waals surface area (Å²) in [6, 6.07) is 0. The Morgan fingerprint density at radius 3 is 2.28 bits per heavy atom. The number of rotatable bonds is 1. The van der Waals surface area contributed by atoms with Crippen LogP contribution < -0.4 is 0 Å². The first-order valence-electron chi connectivity index (χ1n) is 13.9. The lowest BCUT2D eigenvalue weighted by Crippen LogP contribution is -2.65. The van der Waals surface area contributed by atoms with Crippen molar-refractivity contribution < 1.29 is 10.2 Å². The molecule has 0 radical (unpaired) electrons. The summed E-state index contributed by atoms with van der Waals surface area (Å²) in [7, 11) is 0. The third kappa shape index (κ3) is 2.66. The highest BCUT2D eigenvalue weighted by Crippen LogP contribution is 2.75. The van der Waals surface area contributed by atoms with E-state index in [1.54, 1.807) is 5.57 Å². The SMILES string of the molecule is C[C@H]1[C@H](C)CC[C@]2(CO)CC[C@]3(C)C(=CC[C@@H]4[C@@]5(C)CC[C@H](O)C(C)(C)[C@@H]5CC[C@]43C)[C@@H]12. The molecule has 5 aliphatic rings. The largest absolute Gasteiger partial charge is 0.396 e. The normalized spacial score (nSPS) is 56.8. The van der Waals surface area contributed by atoms with Gasteiger partial charge in [-0.15, -0.1) is 0 Å². The Bertz CT molecular complexity index is 799. The summed E-state index contributed by atoms with van der Waals surface area (Å²) in [5.41, 5.74) is 2.77. The smallest absolute Gasteiger partial charge is 0.0594 e. The van der Waals surface area contributed by atoms with Gasteiger partial charge in [0.05, 0.1) is 6.10 Å². The van der Waals surface area contributed by atoms with Crippen molar-refractivity contribution in [1.29, 1.82) is 0 Å². The van der Waals surface area contributed by atoms with Crippen molar-refractivity contribution in [3.05, 3.63) is 11.6 Å². The maximum absolute atomic E-state index is 10.9. The Kier molecular flexibility index (Phi) is 5.19. The van der Waals surface area contributed by atoms with E-state index in [1.807, 2.05) is 0 Å². The molecule has 0 aromatic heterocycles. The summed E-state index contributed by atoms with van der Waals surface area (Å²) in [5, 5.41) is 21.6. The van der Waals surface area contributed by atoms with Gasteiger partial charge in [-0.3, -0.25) is 0 Å². The number of fused-ring (bicyclic) bond motifs is 7. The number of aliphatic hydroxyl groups is 2. The van der Waals surface area contributed by atoms with Crippen LogP contribution >= 0.6 is 0 Å². The van der Waals surface area contributed by atoms with E-state index in [-0.39, 0.29) is 22.3 Å². The molecule has 182 valence electrons. The average molecular weight is 443 g/mol. The second-order valence-electron chi connectivity index (χ2n) is 14.5. The average Bonchev–Trinajstić information content (AvgIpc) is 2.74. The predicted octanol–water partition coefficient (Wildman–Crippen LogP) is 7.00. The molecule has 0 unspecified atom stereocenters. The summed E-state index contributed by atoms with van der Waals surface area (Å²) >= 11 is 0. The molecule has 2 heteroatoms. The highest BCUT2D eigenvalue weighted by atomic mass is 16.3. The first-order valence-corrected chi connectivity index (χ1v) is 13.9. The molecule has 4 fully saturated rings. The van der Waals surface area contributed by atoms with Crippen molar-refractivity contribution in [1.82, 2.24) is 0 Å². The van der Waals surface area contributed by atoms with Crippen LogP contribution in [0, 0.1) is 56.7 Å². The zero-order valence-electron chi connectivity index (χ0n) is 22.0. The van der Waals surface area contributed by atoms with Crippen LogP contribution in [0.5, 0.6) is 0 Å². The predicted molar refractivity (Wildman–Crippen MR) is 132 cm³/mol. The fourth-order valence-electron chi connectivity index (χ4n) is 10.9. The highest BCUT2D eigenvalue weighted by molar-refractivity contribution is 5.34. The van der Waals surface area contributed by atoms with Crippen LogP contribution in [-0.4, -0.2) is 22.9 Å². The molecule has 0 bridgehead atoms. The summed E-state index contributed by atoms with van der Waals surface area (Å²) in [5.74, 6) is 3.29. The van der Waals surface area contributed by atoms with E-state index in [0.717, 1.165) is 12.3 Å². The molecular formula is C30H50O2. The molecule has 5 aliphatic carbocycles. The Morgan fingerprint density at radius 1 is 0.875 bits per heavy atom. The maximum Gasteiger partial charge on any atom is 0.0594 e. The van der Waals surface area contributed by atoms with Gasteiger partial charge < -0.3 is 10.2 Å². The highest BCUT2D eigenvalue weighted by Gasteiger charge is 2.68. The first-order chi connectivity index (χ1) is 14.9. The van der Waals surface area contributed by atoms with Gasteiger partial charge in [0.1, 0.15) is 0 Å². The van der Waals surface area contributed by atoms with E-state index < -0.39 is 0 Å². The minimum atomic E-state index is -0.153. The van der Waals surface area contributed by atoms with Crippen LogP contribution in [0.3, 0.4) is 0 Å². The maximum atomic E-state index is 10.9. The van der Waals surface area contributed by atoms with Crippen molar-refractivity contribution in [3.8, 4) is 0 Å². The van der Waals surface area contributed by atoms with E-state index >= 15 is 0 Å². The van der Waals surface area contributed by atoms with Crippen LogP contribution in [-0.2, 0) is 0 Å². The Hall–Kier alpha value is -0.340. The topological polar surface area (TPSA) is 40.5 Å². The van der Waals surface area contributed by atoms with Crippen molar-refractivity contribution in [2.75, 3.05) is 6.61 Å². The van der Waals surface area contributed by atoms with Crippen molar-refractivity contribution in [2.45, 2.75) is 112 Å². The fraction of sp³-hybridized carbons (Fsp3) is 0.933. The summed E-state index contributed by atoms with van der Waals surface area (Å²) < 4.78 is 0. The van der Waals surface area contributed by atoms with Crippen molar-refractivity contribution in [2.24, 2.45) is 56.7 Å². The monoisotopic (exact) mass is 442 g/mol. The van der Waals surface area contributed by atoms with Gasteiger partial charge >= 0.3 is 0 Å². The summed E-state index contributed by atoms with van der Waals surface area (Å²) in [6.07, 6.45) is 13.4. The summed E-state index contributed by atoms with van der Waals surface area (Å²) in [6.45, 7) is 17.9. The summed E-state index contributed by atoms with van der Waals surface area (Å²) in [4.78, 5) is 0. The van der Waals surface area contributed by atoms with E-state index in [4.69, 9.17) is 0 Å². The molecule has 5 rings (SSSR count).